The first kappa shape index (κ1) is 11.5. The van der Waals surface area contributed by atoms with Gasteiger partial charge < -0.3 is 4.90 Å². The van der Waals surface area contributed by atoms with Crippen molar-refractivity contribution in [2.45, 2.75) is 32.1 Å². The smallest absolute Gasteiger partial charge is 0.227 e. The highest BCUT2D eigenvalue weighted by atomic mass is 16.2. The molecule has 2 heteroatoms. The molecule has 0 aromatic heterocycles. The van der Waals surface area contributed by atoms with Gasteiger partial charge in [-0.05, 0) is 31.2 Å². The molecule has 1 aromatic carbocycles. The van der Waals surface area contributed by atoms with Gasteiger partial charge in [-0.1, -0.05) is 36.4 Å². The number of carbonyl (C=O) groups is 1. The standard InChI is InChI=1S/C16H19NO/c18-16-12-14-8-4-5-9-15(14)17(16)11-10-13-6-2-1-3-7-13/h1-3,6-7,9,14H,4-5,8,10-12H2. The summed E-state index contributed by atoms with van der Waals surface area (Å²) >= 11 is 0. The zero-order chi connectivity index (χ0) is 12.4. The third-order valence-corrected chi connectivity index (χ3v) is 4.03. The van der Waals surface area contributed by atoms with Crippen LogP contribution < -0.4 is 0 Å². The zero-order valence-corrected chi connectivity index (χ0v) is 10.6. The summed E-state index contributed by atoms with van der Waals surface area (Å²) in [5, 5.41) is 0. The van der Waals surface area contributed by atoms with Crippen LogP contribution in [0.5, 0.6) is 0 Å². The number of benzene rings is 1. The Morgan fingerprint density at radius 2 is 2.06 bits per heavy atom. The molecule has 1 heterocycles. The molecule has 1 fully saturated rings. The summed E-state index contributed by atoms with van der Waals surface area (Å²) in [6.45, 7) is 0.838. The van der Waals surface area contributed by atoms with Gasteiger partial charge in [0.15, 0.2) is 0 Å². The normalized spacial score (nSPS) is 22.9. The number of rotatable bonds is 3. The molecule has 0 N–H and O–H groups in total. The summed E-state index contributed by atoms with van der Waals surface area (Å²) in [4.78, 5) is 14.1. The Bertz CT molecular complexity index is 463. The molecule has 2 aliphatic rings. The number of amides is 1. The third kappa shape index (κ3) is 2.20. The zero-order valence-electron chi connectivity index (χ0n) is 10.6. The molecular weight excluding hydrogens is 222 g/mol. The number of allylic oxidation sites excluding steroid dienone is 2. The number of hydrogen-bond acceptors (Lipinski definition) is 1. The molecule has 1 saturated heterocycles. The molecule has 18 heavy (non-hydrogen) atoms. The van der Waals surface area contributed by atoms with Gasteiger partial charge >= 0.3 is 0 Å². The molecule has 1 aromatic rings. The van der Waals surface area contributed by atoms with Crippen LogP contribution in [0.15, 0.2) is 42.1 Å². The second-order valence-corrected chi connectivity index (χ2v) is 5.24. The van der Waals surface area contributed by atoms with E-state index in [-0.39, 0.29) is 0 Å². The Balaban J connectivity index is 1.69. The summed E-state index contributed by atoms with van der Waals surface area (Å²) in [5.74, 6) is 0.839. The van der Waals surface area contributed by atoms with Crippen LogP contribution >= 0.6 is 0 Å². The Morgan fingerprint density at radius 1 is 1.22 bits per heavy atom. The van der Waals surface area contributed by atoms with E-state index < -0.39 is 0 Å². The molecule has 94 valence electrons. The van der Waals surface area contributed by atoms with Crippen molar-refractivity contribution in [3.05, 3.63) is 47.7 Å². The van der Waals surface area contributed by atoms with Crippen LogP contribution in [0.4, 0.5) is 0 Å². The predicted octanol–water partition coefficient (Wildman–Crippen LogP) is 3.15. The summed E-state index contributed by atoms with van der Waals surface area (Å²) in [7, 11) is 0. The minimum Gasteiger partial charge on any atom is -0.316 e. The van der Waals surface area contributed by atoms with E-state index in [0.717, 1.165) is 25.8 Å². The molecule has 0 saturated carbocycles. The van der Waals surface area contributed by atoms with E-state index in [9.17, 15) is 4.79 Å². The fraction of sp³-hybridized carbons (Fsp3) is 0.438. The van der Waals surface area contributed by atoms with Gasteiger partial charge in [-0.25, -0.2) is 0 Å². The van der Waals surface area contributed by atoms with Crippen LogP contribution in [0.1, 0.15) is 31.2 Å². The van der Waals surface area contributed by atoms with E-state index in [1.54, 1.807) is 0 Å². The van der Waals surface area contributed by atoms with Gasteiger partial charge in [-0.3, -0.25) is 4.79 Å². The van der Waals surface area contributed by atoms with Gasteiger partial charge in [0.25, 0.3) is 0 Å². The molecule has 0 spiro atoms. The minimum absolute atomic E-state index is 0.323. The number of fused-ring (bicyclic) bond motifs is 1. The van der Waals surface area contributed by atoms with E-state index in [4.69, 9.17) is 0 Å². The molecule has 3 rings (SSSR count). The van der Waals surface area contributed by atoms with Crippen LogP contribution in [0, 0.1) is 5.92 Å². The summed E-state index contributed by atoms with van der Waals surface area (Å²) in [6.07, 6.45) is 7.55. The monoisotopic (exact) mass is 241 g/mol. The Kier molecular flexibility index (Phi) is 3.18. The second-order valence-electron chi connectivity index (χ2n) is 5.24. The lowest BCUT2D eigenvalue weighted by molar-refractivity contribution is -0.126. The van der Waals surface area contributed by atoms with Crippen LogP contribution in [0.25, 0.3) is 0 Å². The first-order valence-corrected chi connectivity index (χ1v) is 6.89. The molecule has 1 atom stereocenters. The highest BCUT2D eigenvalue weighted by Gasteiger charge is 2.35. The summed E-state index contributed by atoms with van der Waals surface area (Å²) < 4.78 is 0. The van der Waals surface area contributed by atoms with Gasteiger partial charge in [-0.15, -0.1) is 0 Å². The van der Waals surface area contributed by atoms with E-state index in [1.165, 1.54) is 24.1 Å². The van der Waals surface area contributed by atoms with E-state index in [2.05, 4.69) is 30.3 Å². The maximum Gasteiger partial charge on any atom is 0.227 e. The highest BCUT2D eigenvalue weighted by Crippen LogP contribution is 2.36. The number of nitrogens with zero attached hydrogens (tertiary/aromatic N) is 1. The average molecular weight is 241 g/mol. The molecule has 1 amide bonds. The fourth-order valence-corrected chi connectivity index (χ4v) is 3.07. The molecular formula is C16H19NO. The van der Waals surface area contributed by atoms with E-state index in [1.807, 2.05) is 11.0 Å². The topological polar surface area (TPSA) is 20.3 Å². The van der Waals surface area contributed by atoms with Crippen molar-refractivity contribution in [2.24, 2.45) is 5.92 Å². The largest absolute Gasteiger partial charge is 0.316 e. The summed E-state index contributed by atoms with van der Waals surface area (Å²) in [5.41, 5.74) is 2.62. The van der Waals surface area contributed by atoms with Gasteiger partial charge in [0.05, 0.1) is 0 Å². The van der Waals surface area contributed by atoms with Gasteiger partial charge in [0.1, 0.15) is 0 Å². The third-order valence-electron chi connectivity index (χ3n) is 4.03. The fourth-order valence-electron chi connectivity index (χ4n) is 3.07. The van der Waals surface area contributed by atoms with Gasteiger partial charge in [0.2, 0.25) is 5.91 Å². The Hall–Kier alpha value is -1.57. The van der Waals surface area contributed by atoms with Crippen molar-refractivity contribution >= 4 is 5.91 Å². The van der Waals surface area contributed by atoms with Crippen LogP contribution in [0.2, 0.25) is 0 Å². The molecule has 2 nitrogen and oxygen atoms in total. The number of carbonyl (C=O) groups excluding carboxylic acids is 1. The first-order chi connectivity index (χ1) is 8.84. The van der Waals surface area contributed by atoms with Crippen molar-refractivity contribution in [2.75, 3.05) is 6.54 Å². The van der Waals surface area contributed by atoms with E-state index in [0.29, 0.717) is 11.8 Å². The maximum absolute atomic E-state index is 12.0. The van der Waals surface area contributed by atoms with Crippen LogP contribution in [0.3, 0.4) is 0 Å². The molecule has 1 aliphatic heterocycles. The van der Waals surface area contributed by atoms with Crippen molar-refractivity contribution in [1.29, 1.82) is 0 Å². The average Bonchev–Trinajstić information content (AvgIpc) is 2.73. The molecule has 0 bridgehead atoms. The van der Waals surface area contributed by atoms with Crippen molar-refractivity contribution < 1.29 is 4.79 Å². The number of likely N-dealkylation sites (tertiary alicyclic amines) is 1. The first-order valence-electron chi connectivity index (χ1n) is 6.89. The van der Waals surface area contributed by atoms with Gasteiger partial charge in [0, 0.05) is 24.6 Å². The van der Waals surface area contributed by atoms with Crippen molar-refractivity contribution in [3.63, 3.8) is 0 Å². The van der Waals surface area contributed by atoms with Crippen LogP contribution in [-0.2, 0) is 11.2 Å². The van der Waals surface area contributed by atoms with E-state index >= 15 is 0 Å². The van der Waals surface area contributed by atoms with Crippen LogP contribution in [-0.4, -0.2) is 17.4 Å². The Labute approximate surface area is 108 Å². The lowest BCUT2D eigenvalue weighted by Crippen LogP contribution is -2.26. The minimum atomic E-state index is 0.323. The van der Waals surface area contributed by atoms with Gasteiger partial charge in [-0.2, -0.15) is 0 Å². The second kappa shape index (κ2) is 4.97. The predicted molar refractivity (Wildman–Crippen MR) is 71.9 cm³/mol. The van der Waals surface area contributed by atoms with Crippen molar-refractivity contribution in [3.8, 4) is 0 Å². The molecule has 1 aliphatic carbocycles. The summed E-state index contributed by atoms with van der Waals surface area (Å²) in [6, 6.07) is 10.4. The molecule has 0 radical (unpaired) electrons. The Morgan fingerprint density at radius 3 is 2.89 bits per heavy atom. The lowest BCUT2D eigenvalue weighted by atomic mass is 9.92. The van der Waals surface area contributed by atoms with Crippen molar-refractivity contribution in [1.82, 2.24) is 4.90 Å². The highest BCUT2D eigenvalue weighted by molar-refractivity contribution is 5.82. The maximum atomic E-state index is 12.0. The SMILES string of the molecule is O=C1CC2CCCC=C2N1CCc1ccccc1. The lowest BCUT2D eigenvalue weighted by Gasteiger charge is -2.23. The molecule has 1 unspecified atom stereocenters. The quantitative estimate of drug-likeness (QED) is 0.796. The number of hydrogen-bond donors (Lipinski definition) is 0.